The highest BCUT2D eigenvalue weighted by molar-refractivity contribution is 6.21. The van der Waals surface area contributed by atoms with E-state index in [1.807, 2.05) is 92.7 Å². The predicted molar refractivity (Wildman–Crippen MR) is 154 cm³/mol. The molecule has 4 aromatic carbocycles. The van der Waals surface area contributed by atoms with Gasteiger partial charge in [0.15, 0.2) is 5.78 Å². The SMILES string of the molecule is Cc1ccccc1NC(=O)N[C@@H]1N=C(c2ccccc2)c2ccccc2N(CC(=O)c2ccccc2C)C1=O. The number of Topliss-reactive ketones (excluding diaryl/α,β-unsaturated/α-hetero) is 1. The van der Waals surface area contributed by atoms with E-state index >= 15 is 0 Å². The van der Waals surface area contributed by atoms with E-state index in [0.29, 0.717) is 28.2 Å². The number of carbonyl (C=O) groups is 3. The Labute approximate surface area is 227 Å². The fourth-order valence-corrected chi connectivity index (χ4v) is 4.62. The first-order valence-electron chi connectivity index (χ1n) is 12.7. The van der Waals surface area contributed by atoms with Crippen molar-refractivity contribution in [2.45, 2.75) is 20.0 Å². The second kappa shape index (κ2) is 11.1. The molecule has 39 heavy (non-hydrogen) atoms. The maximum absolute atomic E-state index is 14.0. The number of anilines is 2. The van der Waals surface area contributed by atoms with Gasteiger partial charge in [-0.2, -0.15) is 0 Å². The molecule has 2 N–H and O–H groups in total. The summed E-state index contributed by atoms with van der Waals surface area (Å²) in [6, 6.07) is 30.9. The number of amides is 3. The normalized spacial score (nSPS) is 14.6. The lowest BCUT2D eigenvalue weighted by Gasteiger charge is -2.25. The standard InChI is InChI=1S/C32H28N4O3/c1-21-12-6-8-16-24(21)28(37)20-36-27-19-11-9-17-25(27)29(23-14-4-3-5-15-23)34-30(31(36)38)35-32(39)33-26-18-10-7-13-22(26)2/h3-19,30H,20H2,1-2H3,(H2,33,35,39)/t30-/m0/s1. The third kappa shape index (κ3) is 5.48. The van der Waals surface area contributed by atoms with E-state index in [4.69, 9.17) is 4.99 Å². The molecule has 0 radical (unpaired) electrons. The number of benzene rings is 4. The van der Waals surface area contributed by atoms with Crippen molar-refractivity contribution >= 4 is 34.8 Å². The molecule has 194 valence electrons. The zero-order valence-corrected chi connectivity index (χ0v) is 21.7. The van der Waals surface area contributed by atoms with E-state index in [2.05, 4.69) is 10.6 Å². The summed E-state index contributed by atoms with van der Waals surface area (Å²) < 4.78 is 0. The van der Waals surface area contributed by atoms with E-state index in [1.54, 1.807) is 24.3 Å². The number of ketones is 1. The summed E-state index contributed by atoms with van der Waals surface area (Å²) in [5.74, 6) is -0.710. The Morgan fingerprint density at radius 3 is 2.18 bits per heavy atom. The molecule has 4 aromatic rings. The molecule has 7 nitrogen and oxygen atoms in total. The Morgan fingerprint density at radius 1 is 0.795 bits per heavy atom. The van der Waals surface area contributed by atoms with Gasteiger partial charge in [0.2, 0.25) is 6.17 Å². The maximum atomic E-state index is 14.0. The topological polar surface area (TPSA) is 90.9 Å². The fourth-order valence-electron chi connectivity index (χ4n) is 4.62. The first-order valence-corrected chi connectivity index (χ1v) is 12.7. The Balaban J connectivity index is 1.55. The third-order valence-corrected chi connectivity index (χ3v) is 6.66. The number of urea groups is 1. The molecule has 0 unspecified atom stereocenters. The van der Waals surface area contributed by atoms with Crippen molar-refractivity contribution in [1.82, 2.24) is 5.32 Å². The van der Waals surface area contributed by atoms with Gasteiger partial charge < -0.3 is 15.5 Å². The second-order valence-electron chi connectivity index (χ2n) is 9.34. The van der Waals surface area contributed by atoms with Crippen molar-refractivity contribution < 1.29 is 14.4 Å². The molecule has 1 heterocycles. The summed E-state index contributed by atoms with van der Waals surface area (Å²) >= 11 is 0. The first-order chi connectivity index (χ1) is 18.9. The van der Waals surface area contributed by atoms with Crippen LogP contribution in [-0.4, -0.2) is 36.1 Å². The molecule has 5 rings (SSSR count). The summed E-state index contributed by atoms with van der Waals surface area (Å²) in [6.45, 7) is 3.55. The van der Waals surface area contributed by atoms with E-state index in [1.165, 1.54) is 4.90 Å². The number of benzodiazepines with no additional fused rings is 1. The van der Waals surface area contributed by atoms with Gasteiger partial charge in [-0.25, -0.2) is 9.79 Å². The minimum Gasteiger partial charge on any atom is -0.308 e. The Hall–Kier alpha value is -5.04. The highest BCUT2D eigenvalue weighted by atomic mass is 16.2. The number of nitrogens with zero attached hydrogens (tertiary/aromatic N) is 2. The van der Waals surface area contributed by atoms with Gasteiger partial charge in [-0.05, 0) is 37.1 Å². The van der Waals surface area contributed by atoms with Crippen LogP contribution in [0.4, 0.5) is 16.2 Å². The minimum atomic E-state index is -1.26. The first kappa shape index (κ1) is 25.6. The van der Waals surface area contributed by atoms with Crippen LogP contribution in [0.3, 0.4) is 0 Å². The van der Waals surface area contributed by atoms with Crippen molar-refractivity contribution in [3.63, 3.8) is 0 Å². The van der Waals surface area contributed by atoms with Gasteiger partial charge in [-0.3, -0.25) is 9.59 Å². The molecular formula is C32H28N4O3. The van der Waals surface area contributed by atoms with Crippen molar-refractivity contribution in [3.05, 3.63) is 131 Å². The molecule has 1 aliphatic heterocycles. The van der Waals surface area contributed by atoms with Gasteiger partial charge in [0, 0.05) is 22.4 Å². The van der Waals surface area contributed by atoms with E-state index in [9.17, 15) is 14.4 Å². The molecule has 0 spiro atoms. The summed E-state index contributed by atoms with van der Waals surface area (Å²) in [5.41, 5.74) is 5.45. The summed E-state index contributed by atoms with van der Waals surface area (Å²) in [5, 5.41) is 5.54. The molecule has 7 heteroatoms. The van der Waals surface area contributed by atoms with Crippen molar-refractivity contribution in [2.24, 2.45) is 4.99 Å². The molecule has 0 aromatic heterocycles. The van der Waals surface area contributed by atoms with Crippen LogP contribution < -0.4 is 15.5 Å². The van der Waals surface area contributed by atoms with Crippen LogP contribution in [0.15, 0.2) is 108 Å². The van der Waals surface area contributed by atoms with Crippen LogP contribution in [0.5, 0.6) is 0 Å². The molecular weight excluding hydrogens is 488 g/mol. The number of aliphatic imine (C=N–C) groups is 1. The number of aryl methyl sites for hydroxylation is 2. The molecule has 1 atom stereocenters. The minimum absolute atomic E-state index is 0.199. The summed E-state index contributed by atoms with van der Waals surface area (Å²) in [6.07, 6.45) is -1.26. The number of para-hydroxylation sites is 2. The lowest BCUT2D eigenvalue weighted by Crippen LogP contribution is -2.50. The zero-order valence-electron chi connectivity index (χ0n) is 21.7. The van der Waals surface area contributed by atoms with Gasteiger partial charge in [-0.1, -0.05) is 91.0 Å². The average molecular weight is 517 g/mol. The maximum Gasteiger partial charge on any atom is 0.321 e. The number of hydrogen-bond donors (Lipinski definition) is 2. The fraction of sp³-hybridized carbons (Fsp3) is 0.125. The Bertz CT molecular complexity index is 1580. The quantitative estimate of drug-likeness (QED) is 0.331. The van der Waals surface area contributed by atoms with Crippen LogP contribution in [0.25, 0.3) is 0 Å². The molecule has 0 saturated heterocycles. The van der Waals surface area contributed by atoms with Gasteiger partial charge in [0.05, 0.1) is 17.9 Å². The van der Waals surface area contributed by atoms with Gasteiger partial charge >= 0.3 is 6.03 Å². The van der Waals surface area contributed by atoms with Crippen LogP contribution in [0, 0.1) is 13.8 Å². The van der Waals surface area contributed by atoms with Crippen LogP contribution in [0.2, 0.25) is 0 Å². The number of nitrogens with one attached hydrogen (secondary N) is 2. The van der Waals surface area contributed by atoms with E-state index in [0.717, 1.165) is 16.7 Å². The molecule has 0 saturated carbocycles. The van der Waals surface area contributed by atoms with Crippen LogP contribution in [0.1, 0.15) is 32.6 Å². The van der Waals surface area contributed by atoms with Gasteiger partial charge in [0.1, 0.15) is 0 Å². The van der Waals surface area contributed by atoms with Gasteiger partial charge in [-0.15, -0.1) is 0 Å². The van der Waals surface area contributed by atoms with Crippen molar-refractivity contribution in [1.29, 1.82) is 0 Å². The average Bonchev–Trinajstić information content (AvgIpc) is 3.06. The van der Waals surface area contributed by atoms with Crippen LogP contribution >= 0.6 is 0 Å². The molecule has 0 aliphatic carbocycles. The third-order valence-electron chi connectivity index (χ3n) is 6.66. The van der Waals surface area contributed by atoms with Crippen LogP contribution in [-0.2, 0) is 4.79 Å². The smallest absolute Gasteiger partial charge is 0.308 e. The summed E-state index contributed by atoms with van der Waals surface area (Å²) in [4.78, 5) is 46.7. The molecule has 0 bridgehead atoms. The number of hydrogen-bond acceptors (Lipinski definition) is 4. The Morgan fingerprint density at radius 2 is 1.44 bits per heavy atom. The highest BCUT2D eigenvalue weighted by Crippen LogP contribution is 2.29. The number of carbonyl (C=O) groups excluding carboxylic acids is 3. The second-order valence-corrected chi connectivity index (χ2v) is 9.34. The van der Waals surface area contributed by atoms with E-state index in [-0.39, 0.29) is 12.3 Å². The zero-order chi connectivity index (χ0) is 27.4. The van der Waals surface area contributed by atoms with Crippen molar-refractivity contribution in [3.8, 4) is 0 Å². The molecule has 3 amide bonds. The van der Waals surface area contributed by atoms with Crippen molar-refractivity contribution in [2.75, 3.05) is 16.8 Å². The monoisotopic (exact) mass is 516 g/mol. The predicted octanol–water partition coefficient (Wildman–Crippen LogP) is 5.52. The van der Waals surface area contributed by atoms with E-state index < -0.39 is 18.1 Å². The molecule has 1 aliphatic rings. The Kier molecular flexibility index (Phi) is 7.32. The van der Waals surface area contributed by atoms with Gasteiger partial charge in [0.25, 0.3) is 5.91 Å². The lowest BCUT2D eigenvalue weighted by atomic mass is 9.99. The lowest BCUT2D eigenvalue weighted by molar-refractivity contribution is -0.120. The highest BCUT2D eigenvalue weighted by Gasteiger charge is 2.34. The largest absolute Gasteiger partial charge is 0.321 e. The number of rotatable bonds is 6. The number of fused-ring (bicyclic) bond motifs is 1. The summed E-state index contributed by atoms with van der Waals surface area (Å²) in [7, 11) is 0. The molecule has 0 fully saturated rings.